The number of nitrogens with two attached hydrogens (primary N) is 1. The Labute approximate surface area is 71.0 Å². The van der Waals surface area contributed by atoms with Crippen molar-refractivity contribution in [2.45, 2.75) is 6.92 Å². The first-order valence-corrected chi connectivity index (χ1v) is 3.89. The van der Waals surface area contributed by atoms with Crippen LogP contribution in [-0.4, -0.2) is 4.98 Å². The monoisotopic (exact) mass is 158 g/mol. The maximum absolute atomic E-state index is 5.79. The standard InChI is InChI=1S/C10H10N2/c1-7-3-2-4-8-9(11)5-6-12-10(7)8/h2-6H,1H3,(H2,11,12). The summed E-state index contributed by atoms with van der Waals surface area (Å²) in [5.74, 6) is 0. The minimum Gasteiger partial charge on any atom is -0.398 e. The van der Waals surface area contributed by atoms with Gasteiger partial charge in [0.25, 0.3) is 0 Å². The number of benzene rings is 1. The number of aromatic nitrogens is 1. The van der Waals surface area contributed by atoms with Crippen LogP contribution in [0.5, 0.6) is 0 Å². The Morgan fingerprint density at radius 1 is 1.25 bits per heavy atom. The number of fused-ring (bicyclic) bond motifs is 1. The summed E-state index contributed by atoms with van der Waals surface area (Å²) >= 11 is 0. The van der Waals surface area contributed by atoms with E-state index in [1.807, 2.05) is 31.2 Å². The van der Waals surface area contributed by atoms with Crippen molar-refractivity contribution in [3.63, 3.8) is 0 Å². The molecule has 2 nitrogen and oxygen atoms in total. The van der Waals surface area contributed by atoms with Gasteiger partial charge in [0.05, 0.1) is 5.52 Å². The zero-order valence-electron chi connectivity index (χ0n) is 6.91. The van der Waals surface area contributed by atoms with Crippen molar-refractivity contribution in [1.82, 2.24) is 4.98 Å². The topological polar surface area (TPSA) is 38.9 Å². The van der Waals surface area contributed by atoms with Crippen molar-refractivity contribution in [2.24, 2.45) is 0 Å². The Bertz CT molecular complexity index is 380. The molecule has 12 heavy (non-hydrogen) atoms. The molecule has 1 aromatic heterocycles. The molecule has 0 unspecified atom stereocenters. The minimum absolute atomic E-state index is 0.795. The van der Waals surface area contributed by atoms with E-state index in [-0.39, 0.29) is 0 Å². The van der Waals surface area contributed by atoms with E-state index in [4.69, 9.17) is 5.73 Å². The lowest BCUT2D eigenvalue weighted by Crippen LogP contribution is -1.89. The lowest BCUT2D eigenvalue weighted by Gasteiger charge is -2.02. The molecule has 1 aromatic carbocycles. The van der Waals surface area contributed by atoms with Gasteiger partial charge in [-0.05, 0) is 18.6 Å². The van der Waals surface area contributed by atoms with Crippen LogP contribution in [0.3, 0.4) is 0 Å². The molecule has 0 saturated heterocycles. The average Bonchev–Trinajstić information content (AvgIpc) is 2.07. The summed E-state index contributed by atoms with van der Waals surface area (Å²) in [5.41, 5.74) is 8.74. The van der Waals surface area contributed by atoms with E-state index in [9.17, 15) is 0 Å². The fourth-order valence-electron chi connectivity index (χ4n) is 1.35. The SMILES string of the molecule is Cc1cccc2c(N)ccnc12. The largest absolute Gasteiger partial charge is 0.398 e. The molecule has 2 aromatic rings. The van der Waals surface area contributed by atoms with Gasteiger partial charge in [0.1, 0.15) is 0 Å². The van der Waals surface area contributed by atoms with Gasteiger partial charge in [-0.1, -0.05) is 18.2 Å². The highest BCUT2D eigenvalue weighted by molar-refractivity contribution is 5.91. The van der Waals surface area contributed by atoms with Crippen molar-refractivity contribution < 1.29 is 0 Å². The highest BCUT2D eigenvalue weighted by Gasteiger charge is 1.99. The van der Waals surface area contributed by atoms with Crippen LogP contribution < -0.4 is 5.73 Å². The van der Waals surface area contributed by atoms with Crippen molar-refractivity contribution >= 4 is 16.6 Å². The van der Waals surface area contributed by atoms with Crippen LogP contribution in [0.4, 0.5) is 5.69 Å². The Morgan fingerprint density at radius 2 is 2.08 bits per heavy atom. The van der Waals surface area contributed by atoms with Crippen LogP contribution >= 0.6 is 0 Å². The average molecular weight is 158 g/mol. The molecular weight excluding hydrogens is 148 g/mol. The van der Waals surface area contributed by atoms with Crippen molar-refractivity contribution in [3.05, 3.63) is 36.0 Å². The van der Waals surface area contributed by atoms with E-state index in [1.165, 1.54) is 5.56 Å². The number of para-hydroxylation sites is 1. The predicted molar refractivity (Wildman–Crippen MR) is 50.9 cm³/mol. The Hall–Kier alpha value is -1.57. The van der Waals surface area contributed by atoms with Crippen LogP contribution in [-0.2, 0) is 0 Å². The molecule has 0 amide bonds. The third-order valence-electron chi connectivity index (χ3n) is 2.01. The third-order valence-corrected chi connectivity index (χ3v) is 2.01. The van der Waals surface area contributed by atoms with Gasteiger partial charge in [0.2, 0.25) is 0 Å². The summed E-state index contributed by atoms with van der Waals surface area (Å²) in [5, 5.41) is 1.04. The molecule has 0 spiro atoms. The summed E-state index contributed by atoms with van der Waals surface area (Å²) in [4.78, 5) is 4.26. The Balaban J connectivity index is 2.94. The normalized spacial score (nSPS) is 10.4. The summed E-state index contributed by atoms with van der Waals surface area (Å²) in [6.07, 6.45) is 1.74. The molecule has 1 heterocycles. The van der Waals surface area contributed by atoms with Crippen LogP contribution in [0.2, 0.25) is 0 Å². The number of rotatable bonds is 0. The number of pyridine rings is 1. The van der Waals surface area contributed by atoms with Gasteiger partial charge in [0.15, 0.2) is 0 Å². The summed E-state index contributed by atoms with van der Waals surface area (Å²) in [6.45, 7) is 2.04. The molecule has 2 N–H and O–H groups in total. The van der Waals surface area contributed by atoms with E-state index >= 15 is 0 Å². The van der Waals surface area contributed by atoms with Gasteiger partial charge in [-0.15, -0.1) is 0 Å². The fourth-order valence-corrected chi connectivity index (χ4v) is 1.35. The highest BCUT2D eigenvalue weighted by Crippen LogP contribution is 2.20. The molecule has 0 bridgehead atoms. The maximum Gasteiger partial charge on any atom is 0.0751 e. The van der Waals surface area contributed by atoms with E-state index in [0.717, 1.165) is 16.6 Å². The zero-order valence-corrected chi connectivity index (χ0v) is 6.91. The quantitative estimate of drug-likeness (QED) is 0.637. The van der Waals surface area contributed by atoms with Gasteiger partial charge in [-0.25, -0.2) is 0 Å². The first-order chi connectivity index (χ1) is 5.79. The maximum atomic E-state index is 5.79. The Morgan fingerprint density at radius 3 is 2.83 bits per heavy atom. The van der Waals surface area contributed by atoms with Gasteiger partial charge in [-0.3, -0.25) is 4.98 Å². The van der Waals surface area contributed by atoms with Gasteiger partial charge in [-0.2, -0.15) is 0 Å². The number of nitrogens with zero attached hydrogens (tertiary/aromatic N) is 1. The number of hydrogen-bond acceptors (Lipinski definition) is 2. The second-order valence-electron chi connectivity index (χ2n) is 2.87. The van der Waals surface area contributed by atoms with E-state index < -0.39 is 0 Å². The Kier molecular flexibility index (Phi) is 1.47. The lowest BCUT2D eigenvalue weighted by molar-refractivity contribution is 1.37. The second-order valence-corrected chi connectivity index (χ2v) is 2.87. The van der Waals surface area contributed by atoms with E-state index in [0.29, 0.717) is 0 Å². The molecule has 60 valence electrons. The molecule has 0 atom stereocenters. The van der Waals surface area contributed by atoms with Crippen LogP contribution in [0.1, 0.15) is 5.56 Å². The molecule has 2 rings (SSSR count). The van der Waals surface area contributed by atoms with Crippen molar-refractivity contribution in [2.75, 3.05) is 5.73 Å². The predicted octanol–water partition coefficient (Wildman–Crippen LogP) is 2.13. The number of anilines is 1. The second kappa shape index (κ2) is 2.48. The van der Waals surface area contributed by atoms with Crippen LogP contribution in [0, 0.1) is 6.92 Å². The number of nitrogen functional groups attached to an aromatic ring is 1. The minimum atomic E-state index is 0.795. The molecule has 0 aliphatic rings. The molecule has 0 aliphatic heterocycles. The molecule has 2 heteroatoms. The third kappa shape index (κ3) is 0.925. The van der Waals surface area contributed by atoms with Crippen molar-refractivity contribution in [3.8, 4) is 0 Å². The van der Waals surface area contributed by atoms with Gasteiger partial charge in [0, 0.05) is 17.3 Å². The molecule has 0 radical (unpaired) electrons. The number of hydrogen-bond donors (Lipinski definition) is 1. The van der Waals surface area contributed by atoms with Gasteiger partial charge >= 0.3 is 0 Å². The van der Waals surface area contributed by atoms with E-state index in [2.05, 4.69) is 4.98 Å². The molecular formula is C10H10N2. The van der Waals surface area contributed by atoms with Gasteiger partial charge < -0.3 is 5.73 Å². The summed E-state index contributed by atoms with van der Waals surface area (Å²) < 4.78 is 0. The lowest BCUT2D eigenvalue weighted by atomic mass is 10.1. The molecule has 0 saturated carbocycles. The van der Waals surface area contributed by atoms with Crippen LogP contribution in [0.25, 0.3) is 10.9 Å². The summed E-state index contributed by atoms with van der Waals surface area (Å²) in [6, 6.07) is 7.84. The number of aryl methyl sites for hydroxylation is 1. The fraction of sp³-hybridized carbons (Fsp3) is 0.100. The summed E-state index contributed by atoms with van der Waals surface area (Å²) in [7, 11) is 0. The highest BCUT2D eigenvalue weighted by atomic mass is 14.7. The zero-order chi connectivity index (χ0) is 8.55. The van der Waals surface area contributed by atoms with Crippen molar-refractivity contribution in [1.29, 1.82) is 0 Å². The van der Waals surface area contributed by atoms with E-state index in [1.54, 1.807) is 6.20 Å². The molecule has 0 fully saturated rings. The first kappa shape index (κ1) is 7.10. The smallest absolute Gasteiger partial charge is 0.0751 e. The first-order valence-electron chi connectivity index (χ1n) is 3.89. The van der Waals surface area contributed by atoms with Crippen LogP contribution in [0.15, 0.2) is 30.5 Å². The molecule has 0 aliphatic carbocycles.